The lowest BCUT2D eigenvalue weighted by molar-refractivity contribution is 0.560. The molecule has 22 heavy (non-hydrogen) atoms. The summed E-state index contributed by atoms with van der Waals surface area (Å²) in [5.74, 6) is 0. The molecule has 0 atom stereocenters. The topological polar surface area (TPSA) is 89.3 Å². The minimum Gasteiger partial charge on any atom is -0.423 e. The molecule has 0 spiro atoms. The van der Waals surface area contributed by atoms with Gasteiger partial charge in [0.1, 0.15) is 5.58 Å². The molecular formula is C15H12N2O4S. The molecule has 1 aromatic carbocycles. The van der Waals surface area contributed by atoms with Gasteiger partial charge in [0.25, 0.3) is 0 Å². The molecule has 0 aliphatic rings. The van der Waals surface area contributed by atoms with Crippen molar-refractivity contribution < 1.29 is 12.8 Å². The second-order valence-electron chi connectivity index (χ2n) is 4.63. The Morgan fingerprint density at radius 3 is 2.59 bits per heavy atom. The van der Waals surface area contributed by atoms with Gasteiger partial charge in [0.15, 0.2) is 0 Å². The summed E-state index contributed by atoms with van der Waals surface area (Å²) in [6, 6.07) is 10.6. The zero-order valence-corrected chi connectivity index (χ0v) is 12.2. The van der Waals surface area contributed by atoms with E-state index in [2.05, 4.69) is 9.71 Å². The minimum atomic E-state index is -3.65. The summed E-state index contributed by atoms with van der Waals surface area (Å²) in [4.78, 5) is 15.1. The molecule has 0 aliphatic heterocycles. The summed E-state index contributed by atoms with van der Waals surface area (Å²) in [6.45, 7) is 0.173. The van der Waals surface area contributed by atoms with Crippen LogP contribution in [-0.2, 0) is 16.6 Å². The van der Waals surface area contributed by atoms with Crippen LogP contribution in [-0.4, -0.2) is 13.4 Å². The van der Waals surface area contributed by atoms with Crippen LogP contribution < -0.4 is 10.3 Å². The van der Waals surface area contributed by atoms with E-state index in [1.165, 1.54) is 30.3 Å². The normalized spacial score (nSPS) is 11.6. The maximum Gasteiger partial charge on any atom is 0.336 e. The maximum absolute atomic E-state index is 12.3. The third-order valence-electron chi connectivity index (χ3n) is 3.12. The summed E-state index contributed by atoms with van der Waals surface area (Å²) in [6.07, 6.45) is 3.20. The van der Waals surface area contributed by atoms with Crippen molar-refractivity contribution in [3.05, 3.63) is 70.8 Å². The van der Waals surface area contributed by atoms with Crippen molar-refractivity contribution >= 4 is 21.0 Å². The molecule has 3 aromatic rings. The number of aromatic nitrogens is 1. The van der Waals surface area contributed by atoms with E-state index >= 15 is 0 Å². The first-order valence-electron chi connectivity index (χ1n) is 6.47. The molecule has 2 heterocycles. The standard InChI is InChI=1S/C15H12N2O4S/c18-15-4-1-12-9-13(2-3-14(12)21-15)22(19,20)17-10-11-5-7-16-8-6-11/h1-9,17H,10H2. The van der Waals surface area contributed by atoms with Gasteiger partial charge in [-0.15, -0.1) is 0 Å². The lowest BCUT2D eigenvalue weighted by Gasteiger charge is -2.07. The molecule has 6 nitrogen and oxygen atoms in total. The van der Waals surface area contributed by atoms with Crippen LogP contribution in [0.5, 0.6) is 0 Å². The van der Waals surface area contributed by atoms with E-state index in [1.54, 1.807) is 24.5 Å². The van der Waals surface area contributed by atoms with Gasteiger partial charge in [0.2, 0.25) is 10.0 Å². The van der Waals surface area contributed by atoms with E-state index in [1.807, 2.05) is 0 Å². The predicted molar refractivity (Wildman–Crippen MR) is 80.7 cm³/mol. The molecule has 0 aliphatic carbocycles. The van der Waals surface area contributed by atoms with Gasteiger partial charge in [-0.1, -0.05) is 0 Å². The molecule has 2 aromatic heterocycles. The number of nitrogens with zero attached hydrogens (tertiary/aromatic N) is 1. The van der Waals surface area contributed by atoms with Crippen molar-refractivity contribution in [3.63, 3.8) is 0 Å². The first kappa shape index (κ1) is 14.4. The predicted octanol–water partition coefficient (Wildman–Crippen LogP) is 1.67. The number of rotatable bonds is 4. The Morgan fingerprint density at radius 2 is 1.82 bits per heavy atom. The van der Waals surface area contributed by atoms with Crippen LogP contribution >= 0.6 is 0 Å². The highest BCUT2D eigenvalue weighted by molar-refractivity contribution is 7.89. The Kier molecular flexibility index (Phi) is 3.74. The molecule has 0 amide bonds. The average Bonchev–Trinajstić information content (AvgIpc) is 2.53. The van der Waals surface area contributed by atoms with Crippen molar-refractivity contribution in [2.45, 2.75) is 11.4 Å². The molecule has 0 radical (unpaired) electrons. The van der Waals surface area contributed by atoms with Crippen molar-refractivity contribution in [2.75, 3.05) is 0 Å². The quantitative estimate of drug-likeness (QED) is 0.740. The molecule has 7 heteroatoms. The zero-order valence-electron chi connectivity index (χ0n) is 11.4. The van der Waals surface area contributed by atoms with Crippen LogP contribution in [0.2, 0.25) is 0 Å². The van der Waals surface area contributed by atoms with Gasteiger partial charge in [-0.05, 0) is 42.0 Å². The van der Waals surface area contributed by atoms with Crippen molar-refractivity contribution in [2.24, 2.45) is 0 Å². The van der Waals surface area contributed by atoms with Gasteiger partial charge in [0.05, 0.1) is 4.90 Å². The molecule has 1 N–H and O–H groups in total. The molecule has 112 valence electrons. The highest BCUT2D eigenvalue weighted by Gasteiger charge is 2.14. The van der Waals surface area contributed by atoms with Gasteiger partial charge < -0.3 is 4.42 Å². The van der Waals surface area contributed by atoms with E-state index in [9.17, 15) is 13.2 Å². The monoisotopic (exact) mass is 316 g/mol. The number of fused-ring (bicyclic) bond motifs is 1. The van der Waals surface area contributed by atoms with Crippen molar-refractivity contribution in [1.29, 1.82) is 0 Å². The first-order valence-corrected chi connectivity index (χ1v) is 7.95. The summed E-state index contributed by atoms with van der Waals surface area (Å²) < 4.78 is 32.1. The Bertz CT molecular complexity index is 966. The lowest BCUT2D eigenvalue weighted by Crippen LogP contribution is -2.23. The molecule has 0 saturated heterocycles. The lowest BCUT2D eigenvalue weighted by atomic mass is 10.2. The highest BCUT2D eigenvalue weighted by Crippen LogP contribution is 2.17. The highest BCUT2D eigenvalue weighted by atomic mass is 32.2. The third kappa shape index (κ3) is 3.05. The van der Waals surface area contributed by atoms with Crippen LogP contribution in [0.1, 0.15) is 5.56 Å². The van der Waals surface area contributed by atoms with E-state index in [4.69, 9.17) is 4.42 Å². The number of sulfonamides is 1. The van der Waals surface area contributed by atoms with Crippen molar-refractivity contribution in [1.82, 2.24) is 9.71 Å². The van der Waals surface area contributed by atoms with E-state index < -0.39 is 15.6 Å². The zero-order chi connectivity index (χ0) is 15.6. The Balaban J connectivity index is 1.88. The Hall–Kier alpha value is -2.51. The smallest absolute Gasteiger partial charge is 0.336 e. The fourth-order valence-corrected chi connectivity index (χ4v) is 3.03. The second-order valence-corrected chi connectivity index (χ2v) is 6.40. The average molecular weight is 316 g/mol. The number of hydrogen-bond donors (Lipinski definition) is 1. The number of hydrogen-bond acceptors (Lipinski definition) is 5. The fourth-order valence-electron chi connectivity index (χ4n) is 1.98. The van der Waals surface area contributed by atoms with Crippen LogP contribution in [0.3, 0.4) is 0 Å². The second kappa shape index (κ2) is 5.70. The molecular weight excluding hydrogens is 304 g/mol. The Morgan fingerprint density at radius 1 is 1.05 bits per heavy atom. The fraction of sp³-hybridized carbons (Fsp3) is 0.0667. The maximum atomic E-state index is 12.3. The number of nitrogens with one attached hydrogen (secondary N) is 1. The van der Waals surface area contributed by atoms with Crippen LogP contribution in [0.25, 0.3) is 11.0 Å². The van der Waals surface area contributed by atoms with Crippen LogP contribution in [0, 0.1) is 0 Å². The molecule has 0 unspecified atom stereocenters. The number of benzene rings is 1. The third-order valence-corrected chi connectivity index (χ3v) is 4.52. The first-order chi connectivity index (χ1) is 10.5. The van der Waals surface area contributed by atoms with Gasteiger partial charge in [-0.2, -0.15) is 0 Å². The summed E-state index contributed by atoms with van der Waals surface area (Å²) in [5.41, 5.74) is 0.685. The van der Waals surface area contributed by atoms with Gasteiger partial charge in [0, 0.05) is 30.4 Å². The summed E-state index contributed by atoms with van der Waals surface area (Å²) >= 11 is 0. The Labute approximate surface area is 126 Å². The minimum absolute atomic E-state index is 0.114. The molecule has 0 saturated carbocycles. The summed E-state index contributed by atoms with van der Waals surface area (Å²) in [5, 5.41) is 0.548. The largest absolute Gasteiger partial charge is 0.423 e. The molecule has 0 fully saturated rings. The van der Waals surface area contributed by atoms with E-state index in [0.29, 0.717) is 11.0 Å². The van der Waals surface area contributed by atoms with Gasteiger partial charge in [-0.25, -0.2) is 17.9 Å². The molecule has 3 rings (SSSR count). The van der Waals surface area contributed by atoms with E-state index in [-0.39, 0.29) is 11.4 Å². The van der Waals surface area contributed by atoms with Gasteiger partial charge >= 0.3 is 5.63 Å². The van der Waals surface area contributed by atoms with Gasteiger partial charge in [-0.3, -0.25) is 4.98 Å². The summed E-state index contributed by atoms with van der Waals surface area (Å²) in [7, 11) is -3.65. The van der Waals surface area contributed by atoms with Crippen LogP contribution in [0.4, 0.5) is 0 Å². The van der Waals surface area contributed by atoms with Crippen LogP contribution in [0.15, 0.2) is 69.0 Å². The SMILES string of the molecule is O=c1ccc2cc(S(=O)(=O)NCc3ccncc3)ccc2o1. The molecule has 0 bridgehead atoms. The number of pyridine rings is 1. The van der Waals surface area contributed by atoms with E-state index in [0.717, 1.165) is 5.56 Å². The van der Waals surface area contributed by atoms with Crippen molar-refractivity contribution in [3.8, 4) is 0 Å².